The van der Waals surface area contributed by atoms with Crippen molar-refractivity contribution in [1.29, 1.82) is 0 Å². The van der Waals surface area contributed by atoms with Crippen LogP contribution in [0.25, 0.3) is 34.8 Å². The van der Waals surface area contributed by atoms with Crippen LogP contribution in [0.3, 0.4) is 0 Å². The molecule has 0 aliphatic carbocycles. The predicted molar refractivity (Wildman–Crippen MR) is 128 cm³/mol. The zero-order chi connectivity index (χ0) is 22.8. The molecule has 7 heteroatoms. The average Bonchev–Trinajstić information content (AvgIpc) is 3.03. The monoisotopic (exact) mass is 459 g/mol. The molecule has 3 rings (SSSR count). The molecule has 0 atom stereocenters. The van der Waals surface area contributed by atoms with Crippen molar-refractivity contribution in [3.63, 3.8) is 0 Å². The second kappa shape index (κ2) is 9.37. The maximum atomic E-state index is 13.7. The Morgan fingerprint density at radius 3 is 2.52 bits per heavy atom. The number of benzene rings is 1. The normalized spacial score (nSPS) is 12.3. The van der Waals surface area contributed by atoms with Crippen molar-refractivity contribution in [2.24, 2.45) is 7.05 Å². The predicted octanol–water partition coefficient (Wildman–Crippen LogP) is 7.62. The zero-order valence-corrected chi connectivity index (χ0v) is 19.5. The highest BCUT2D eigenvalue weighted by molar-refractivity contribution is 7.99. The molecule has 2 aromatic heterocycles. The number of imidazole rings is 1. The summed E-state index contributed by atoms with van der Waals surface area (Å²) in [5.41, 5.74) is 3.73. The molecule has 0 saturated carbocycles. The minimum absolute atomic E-state index is 0.0607. The van der Waals surface area contributed by atoms with Gasteiger partial charge in [0.25, 0.3) is 5.92 Å². The maximum Gasteiger partial charge on any atom is 0.266 e. The fraction of sp³-hybridized carbons (Fsp3) is 0.250. The number of thioether (sulfide) groups is 1. The smallest absolute Gasteiger partial charge is 0.266 e. The number of rotatable bonds is 7. The molecule has 0 bridgehead atoms. The first-order valence-corrected chi connectivity index (χ1v) is 11.2. The number of nitrogens with zero attached hydrogens (tertiary/aromatic N) is 3. The average molecular weight is 460 g/mol. The van der Waals surface area contributed by atoms with Crippen LogP contribution in [0.1, 0.15) is 32.2 Å². The summed E-state index contributed by atoms with van der Waals surface area (Å²) < 4.78 is 29.3. The summed E-state index contributed by atoms with van der Waals surface area (Å²) in [6.07, 6.45) is 4.83. The van der Waals surface area contributed by atoms with Gasteiger partial charge in [0, 0.05) is 35.6 Å². The van der Waals surface area contributed by atoms with Gasteiger partial charge >= 0.3 is 0 Å². The topological polar surface area (TPSA) is 30.7 Å². The van der Waals surface area contributed by atoms with Crippen LogP contribution in [0.15, 0.2) is 53.6 Å². The van der Waals surface area contributed by atoms with Crippen LogP contribution in [-0.4, -0.2) is 26.2 Å². The van der Waals surface area contributed by atoms with Crippen molar-refractivity contribution in [3.05, 3.63) is 65.1 Å². The Kier molecular flexibility index (Phi) is 7.02. The lowest BCUT2D eigenvalue weighted by atomic mass is 10.1. The Labute approximate surface area is 190 Å². The Bertz CT molecular complexity index is 1130. The van der Waals surface area contributed by atoms with Gasteiger partial charge in [-0.15, -0.1) is 11.8 Å². The van der Waals surface area contributed by atoms with E-state index >= 15 is 0 Å². The summed E-state index contributed by atoms with van der Waals surface area (Å²) in [5, 5.41) is 0.676. The van der Waals surface area contributed by atoms with Crippen LogP contribution in [-0.2, 0) is 7.05 Å². The lowest BCUT2D eigenvalue weighted by molar-refractivity contribution is 0.0647. The summed E-state index contributed by atoms with van der Waals surface area (Å²) in [6, 6.07) is 9.66. The first-order chi connectivity index (χ1) is 14.7. The minimum Gasteiger partial charge on any atom is -0.326 e. The van der Waals surface area contributed by atoms with Gasteiger partial charge in [0.15, 0.2) is 5.82 Å². The first-order valence-electron chi connectivity index (χ1n) is 9.80. The highest BCUT2D eigenvalue weighted by Crippen LogP contribution is 2.35. The molecule has 3 aromatic rings. The number of halogens is 3. The van der Waals surface area contributed by atoms with Crippen molar-refractivity contribution in [2.45, 2.75) is 31.6 Å². The number of hydrogen-bond donors (Lipinski definition) is 0. The molecule has 0 fully saturated rings. The van der Waals surface area contributed by atoms with E-state index in [1.54, 1.807) is 24.0 Å². The molecule has 162 valence electrons. The van der Waals surface area contributed by atoms with Gasteiger partial charge in [-0.2, -0.15) is 0 Å². The molecular formula is C24H24ClF2N3S. The highest BCUT2D eigenvalue weighted by atomic mass is 35.5. The molecule has 3 nitrogen and oxygen atoms in total. The van der Waals surface area contributed by atoms with Gasteiger partial charge < -0.3 is 4.57 Å². The van der Waals surface area contributed by atoms with Crippen LogP contribution in [0.5, 0.6) is 0 Å². The number of pyridine rings is 1. The van der Waals surface area contributed by atoms with E-state index in [2.05, 4.69) is 24.6 Å². The summed E-state index contributed by atoms with van der Waals surface area (Å²) in [7, 11) is 1.84. The summed E-state index contributed by atoms with van der Waals surface area (Å²) in [5.74, 6) is -1.46. The van der Waals surface area contributed by atoms with Crippen LogP contribution in [0, 0.1) is 0 Å². The van der Waals surface area contributed by atoms with Crippen molar-refractivity contribution < 1.29 is 8.78 Å². The molecule has 0 unspecified atom stereocenters. The molecule has 2 heterocycles. The van der Waals surface area contributed by atoms with E-state index in [-0.39, 0.29) is 5.57 Å². The van der Waals surface area contributed by atoms with Crippen molar-refractivity contribution in [1.82, 2.24) is 14.5 Å². The molecule has 31 heavy (non-hydrogen) atoms. The van der Waals surface area contributed by atoms with Crippen molar-refractivity contribution >= 4 is 35.5 Å². The molecule has 0 amide bonds. The van der Waals surface area contributed by atoms with E-state index in [0.29, 0.717) is 27.9 Å². The largest absolute Gasteiger partial charge is 0.326 e. The second-order valence-corrected chi connectivity index (χ2v) is 8.94. The zero-order valence-electron chi connectivity index (χ0n) is 17.9. The fourth-order valence-corrected chi connectivity index (χ4v) is 4.03. The van der Waals surface area contributed by atoms with Gasteiger partial charge in [-0.3, -0.25) is 4.98 Å². The molecule has 0 N–H and O–H groups in total. The van der Waals surface area contributed by atoms with Gasteiger partial charge in [-0.1, -0.05) is 37.2 Å². The molecular weight excluding hydrogens is 436 g/mol. The first kappa shape index (κ1) is 23.2. The number of aromatic nitrogens is 3. The van der Waals surface area contributed by atoms with E-state index in [9.17, 15) is 8.78 Å². The van der Waals surface area contributed by atoms with Crippen LogP contribution in [0.4, 0.5) is 8.78 Å². The van der Waals surface area contributed by atoms with E-state index in [4.69, 9.17) is 16.6 Å². The van der Waals surface area contributed by atoms with Gasteiger partial charge in [-0.25, -0.2) is 13.8 Å². The Morgan fingerprint density at radius 2 is 1.94 bits per heavy atom. The number of hydrogen-bond acceptors (Lipinski definition) is 3. The maximum absolute atomic E-state index is 13.7. The molecule has 0 aliphatic heterocycles. The van der Waals surface area contributed by atoms with E-state index in [1.807, 2.05) is 35.9 Å². The molecule has 0 spiro atoms. The molecule has 0 radical (unpaired) electrons. The summed E-state index contributed by atoms with van der Waals surface area (Å²) in [6.45, 7) is 8.18. The molecule has 0 saturated heterocycles. The van der Waals surface area contributed by atoms with Crippen molar-refractivity contribution in [3.8, 4) is 22.6 Å². The third-order valence-electron chi connectivity index (χ3n) is 4.95. The lowest BCUT2D eigenvalue weighted by Gasteiger charge is -2.11. The third kappa shape index (κ3) is 5.08. The van der Waals surface area contributed by atoms with Gasteiger partial charge in [0.2, 0.25) is 0 Å². The van der Waals surface area contributed by atoms with Crippen LogP contribution >= 0.6 is 23.4 Å². The van der Waals surface area contributed by atoms with Gasteiger partial charge in [0.05, 0.1) is 11.4 Å². The Balaban J connectivity index is 2.13. The second-order valence-electron chi connectivity index (χ2n) is 7.20. The Morgan fingerprint density at radius 1 is 1.26 bits per heavy atom. The van der Waals surface area contributed by atoms with Crippen molar-refractivity contribution in [2.75, 3.05) is 5.75 Å². The fourth-order valence-electron chi connectivity index (χ4n) is 3.10. The van der Waals surface area contributed by atoms with E-state index < -0.39 is 5.92 Å². The molecule has 0 aliphatic rings. The minimum atomic E-state index is -2.92. The number of alkyl halides is 2. The van der Waals surface area contributed by atoms with Gasteiger partial charge in [0.1, 0.15) is 5.69 Å². The quantitative estimate of drug-likeness (QED) is 0.340. The number of allylic oxidation sites excluding steroid dienone is 1. The van der Waals surface area contributed by atoms with Crippen LogP contribution < -0.4 is 0 Å². The lowest BCUT2D eigenvalue weighted by Crippen LogP contribution is -2.10. The molecule has 1 aromatic carbocycles. The standard InChI is InChI=1S/C24H24ClF2N3S/c1-6-20-19(12-15(3)24(4,26)27)29-23(30(20)5)22-21(31-7-2)13-17(14-28-22)16-8-10-18(25)11-9-16/h6,8-14H,1,7H2,2-5H3/b15-12+. The van der Waals surface area contributed by atoms with E-state index in [0.717, 1.165) is 28.7 Å². The SMILES string of the molecule is C=Cc1c(/C=C(\C)C(C)(F)F)nc(-c2ncc(-c3ccc(Cl)cc3)cc2SCC)n1C. The highest BCUT2D eigenvalue weighted by Gasteiger charge is 2.25. The summed E-state index contributed by atoms with van der Waals surface area (Å²) in [4.78, 5) is 10.3. The Hall–Kier alpha value is -2.44. The van der Waals surface area contributed by atoms with Gasteiger partial charge in [-0.05, 0) is 54.2 Å². The third-order valence-corrected chi connectivity index (χ3v) is 6.11. The van der Waals surface area contributed by atoms with Crippen LogP contribution in [0.2, 0.25) is 5.02 Å². The summed E-state index contributed by atoms with van der Waals surface area (Å²) >= 11 is 7.66. The van der Waals surface area contributed by atoms with E-state index in [1.165, 1.54) is 13.0 Å².